The fraction of sp³-hybridized carbons (Fsp3) is 0.417. The van der Waals surface area contributed by atoms with E-state index in [9.17, 15) is 9.18 Å². The molecule has 0 heterocycles. The van der Waals surface area contributed by atoms with E-state index in [1.807, 2.05) is 36.4 Å². The van der Waals surface area contributed by atoms with Crippen LogP contribution in [0.1, 0.15) is 20.3 Å². The van der Waals surface area contributed by atoms with E-state index in [1.54, 1.807) is 6.07 Å². The Hall–Kier alpha value is -0.690. The molecule has 1 rings (SSSR count). The summed E-state index contributed by atoms with van der Waals surface area (Å²) in [6.45, 7) is 3.94. The number of hydrogen-bond acceptors (Lipinski definition) is 2. The summed E-state index contributed by atoms with van der Waals surface area (Å²) >= 11 is 1.98. The van der Waals surface area contributed by atoms with Gasteiger partial charge in [0.05, 0.1) is 5.69 Å². The number of nitrogens with one attached hydrogen (secondary N) is 1. The Morgan fingerprint density at radius 3 is 2.71 bits per heavy atom. The highest BCUT2D eigenvalue weighted by Gasteiger charge is 2.13. The zero-order valence-electron chi connectivity index (χ0n) is 9.84. The second-order valence-corrected chi connectivity index (χ2v) is 5.45. The number of anilines is 1. The highest BCUT2D eigenvalue weighted by atomic mass is 127. The number of carbonyl (C=O) groups excluding carboxylic acids is 1. The topological polar surface area (TPSA) is 55.1 Å². The lowest BCUT2D eigenvalue weighted by molar-refractivity contribution is -0.116. The van der Waals surface area contributed by atoms with Crippen molar-refractivity contribution < 1.29 is 9.18 Å². The minimum absolute atomic E-state index is 0.143. The summed E-state index contributed by atoms with van der Waals surface area (Å²) in [5, 5.41) is 2.73. The molecule has 0 bridgehead atoms. The number of benzene rings is 1. The quantitative estimate of drug-likeness (QED) is 0.821. The van der Waals surface area contributed by atoms with Crippen molar-refractivity contribution in [2.24, 2.45) is 11.7 Å². The van der Waals surface area contributed by atoms with Gasteiger partial charge in [-0.05, 0) is 46.7 Å². The van der Waals surface area contributed by atoms with E-state index in [0.717, 1.165) is 0 Å². The fourth-order valence-electron chi connectivity index (χ4n) is 1.24. The van der Waals surface area contributed by atoms with Crippen LogP contribution in [0.2, 0.25) is 0 Å². The Morgan fingerprint density at radius 2 is 2.18 bits per heavy atom. The van der Waals surface area contributed by atoms with E-state index < -0.39 is 0 Å². The number of carbonyl (C=O) groups is 1. The molecule has 0 saturated carbocycles. The fourth-order valence-corrected chi connectivity index (χ4v) is 1.85. The largest absolute Gasteiger partial charge is 0.327 e. The third-order valence-corrected chi connectivity index (χ3v) is 3.38. The number of rotatable bonds is 4. The Balaban J connectivity index is 2.62. The normalized spacial score (nSPS) is 12.6. The predicted molar refractivity (Wildman–Crippen MR) is 75.2 cm³/mol. The van der Waals surface area contributed by atoms with E-state index in [4.69, 9.17) is 5.73 Å². The van der Waals surface area contributed by atoms with Crippen molar-refractivity contribution in [2.75, 3.05) is 5.32 Å². The molecule has 3 nitrogen and oxygen atoms in total. The van der Waals surface area contributed by atoms with Crippen LogP contribution in [0.3, 0.4) is 0 Å². The van der Waals surface area contributed by atoms with Crippen molar-refractivity contribution in [1.82, 2.24) is 0 Å². The standard InChI is InChI=1S/C12H16FIN2O/c1-7(2)10(15)6-12(17)16-11-4-3-8(13)5-9(11)14/h3-5,7,10H,6,15H2,1-2H3,(H,16,17). The van der Waals surface area contributed by atoms with Gasteiger partial charge in [-0.2, -0.15) is 0 Å². The maximum Gasteiger partial charge on any atom is 0.225 e. The maximum absolute atomic E-state index is 12.9. The van der Waals surface area contributed by atoms with Crippen LogP contribution in [0.15, 0.2) is 18.2 Å². The van der Waals surface area contributed by atoms with Gasteiger partial charge in [-0.3, -0.25) is 4.79 Å². The average molecular weight is 350 g/mol. The lowest BCUT2D eigenvalue weighted by atomic mass is 10.0. The molecule has 1 unspecified atom stereocenters. The number of halogens is 2. The van der Waals surface area contributed by atoms with Crippen molar-refractivity contribution in [3.05, 3.63) is 27.6 Å². The molecule has 94 valence electrons. The van der Waals surface area contributed by atoms with Gasteiger partial charge in [0.25, 0.3) is 0 Å². The van der Waals surface area contributed by atoms with Gasteiger partial charge in [-0.1, -0.05) is 13.8 Å². The van der Waals surface area contributed by atoms with Crippen LogP contribution < -0.4 is 11.1 Å². The SMILES string of the molecule is CC(C)C(N)CC(=O)Nc1ccc(F)cc1I. The molecule has 1 aromatic rings. The summed E-state index contributed by atoms with van der Waals surface area (Å²) < 4.78 is 13.5. The van der Waals surface area contributed by atoms with Crippen LogP contribution in [-0.2, 0) is 4.79 Å². The number of hydrogen-bond donors (Lipinski definition) is 2. The van der Waals surface area contributed by atoms with Gasteiger partial charge in [0.1, 0.15) is 5.82 Å². The molecule has 1 atom stereocenters. The highest BCUT2D eigenvalue weighted by molar-refractivity contribution is 14.1. The summed E-state index contributed by atoms with van der Waals surface area (Å²) in [7, 11) is 0. The molecule has 0 aliphatic carbocycles. The third kappa shape index (κ3) is 4.59. The summed E-state index contributed by atoms with van der Waals surface area (Å²) in [5.41, 5.74) is 6.43. The third-order valence-electron chi connectivity index (χ3n) is 2.48. The van der Waals surface area contributed by atoms with Crippen molar-refractivity contribution in [2.45, 2.75) is 26.3 Å². The number of nitrogens with two attached hydrogens (primary N) is 1. The minimum Gasteiger partial charge on any atom is -0.327 e. The van der Waals surface area contributed by atoms with Crippen LogP contribution in [0.25, 0.3) is 0 Å². The lowest BCUT2D eigenvalue weighted by Gasteiger charge is -2.15. The zero-order chi connectivity index (χ0) is 13.0. The Morgan fingerprint density at radius 1 is 1.53 bits per heavy atom. The predicted octanol–water partition coefficient (Wildman–Crippen LogP) is 2.74. The van der Waals surface area contributed by atoms with Crippen molar-refractivity contribution in [3.8, 4) is 0 Å². The first-order chi connectivity index (χ1) is 7.90. The summed E-state index contributed by atoms with van der Waals surface area (Å²) in [6, 6.07) is 4.09. The van der Waals surface area contributed by atoms with E-state index in [1.165, 1.54) is 12.1 Å². The zero-order valence-corrected chi connectivity index (χ0v) is 12.0. The second kappa shape index (κ2) is 6.30. The van der Waals surface area contributed by atoms with E-state index >= 15 is 0 Å². The second-order valence-electron chi connectivity index (χ2n) is 4.28. The molecule has 0 aromatic heterocycles. The van der Waals surface area contributed by atoms with Crippen molar-refractivity contribution in [3.63, 3.8) is 0 Å². The monoisotopic (exact) mass is 350 g/mol. The molecule has 0 saturated heterocycles. The Labute approximate surface area is 114 Å². The van der Waals surface area contributed by atoms with Gasteiger partial charge in [-0.25, -0.2) is 4.39 Å². The summed E-state index contributed by atoms with van der Waals surface area (Å²) in [5.74, 6) is -0.199. The smallest absolute Gasteiger partial charge is 0.225 e. The Bertz CT molecular complexity index is 409. The molecule has 1 aromatic carbocycles. The maximum atomic E-state index is 12.9. The molecule has 0 aliphatic rings. The van der Waals surface area contributed by atoms with Crippen molar-refractivity contribution in [1.29, 1.82) is 0 Å². The molecule has 0 aliphatic heterocycles. The van der Waals surface area contributed by atoms with Gasteiger partial charge in [-0.15, -0.1) is 0 Å². The van der Waals surface area contributed by atoms with Gasteiger partial charge in [0.15, 0.2) is 0 Å². The number of amides is 1. The molecule has 1 amide bonds. The average Bonchev–Trinajstić information content (AvgIpc) is 2.22. The summed E-state index contributed by atoms with van der Waals surface area (Å²) in [4.78, 5) is 11.7. The minimum atomic E-state index is -0.314. The first-order valence-corrected chi connectivity index (χ1v) is 6.48. The lowest BCUT2D eigenvalue weighted by Crippen LogP contribution is -2.31. The van der Waals surface area contributed by atoms with E-state index in [2.05, 4.69) is 5.32 Å². The van der Waals surface area contributed by atoms with E-state index in [-0.39, 0.29) is 30.1 Å². The molecule has 3 N–H and O–H groups in total. The summed E-state index contributed by atoms with van der Waals surface area (Å²) in [6.07, 6.45) is 0.269. The molecule has 5 heteroatoms. The van der Waals surface area contributed by atoms with Crippen LogP contribution in [0.5, 0.6) is 0 Å². The van der Waals surface area contributed by atoms with Gasteiger partial charge in [0, 0.05) is 16.0 Å². The van der Waals surface area contributed by atoms with E-state index in [0.29, 0.717) is 9.26 Å². The molecule has 0 spiro atoms. The van der Waals surface area contributed by atoms with Crippen molar-refractivity contribution >= 4 is 34.2 Å². The first kappa shape index (κ1) is 14.4. The van der Waals surface area contributed by atoms with Crippen LogP contribution in [0.4, 0.5) is 10.1 Å². The van der Waals surface area contributed by atoms with Gasteiger partial charge >= 0.3 is 0 Å². The molecular formula is C12H16FIN2O. The van der Waals surface area contributed by atoms with Crippen LogP contribution in [0, 0.1) is 15.3 Å². The highest BCUT2D eigenvalue weighted by Crippen LogP contribution is 2.19. The van der Waals surface area contributed by atoms with Gasteiger partial charge < -0.3 is 11.1 Å². The van der Waals surface area contributed by atoms with Gasteiger partial charge in [0.2, 0.25) is 5.91 Å². The molecular weight excluding hydrogens is 334 g/mol. The Kier molecular flexibility index (Phi) is 5.32. The van der Waals surface area contributed by atoms with Crippen LogP contribution >= 0.6 is 22.6 Å². The molecule has 0 radical (unpaired) electrons. The molecule has 17 heavy (non-hydrogen) atoms. The molecule has 0 fully saturated rings. The van der Waals surface area contributed by atoms with Crippen LogP contribution in [-0.4, -0.2) is 11.9 Å². The first-order valence-electron chi connectivity index (χ1n) is 5.40.